The Bertz CT molecular complexity index is 1980. The molecule has 1 saturated heterocycles. The molecule has 9 rings (SSSR count). The van der Waals surface area contributed by atoms with Crippen LogP contribution in [0.4, 0.5) is 5.69 Å². The lowest BCUT2D eigenvalue weighted by Crippen LogP contribution is -2.36. The van der Waals surface area contributed by atoms with Crippen molar-refractivity contribution in [3.63, 3.8) is 0 Å². The van der Waals surface area contributed by atoms with E-state index in [0.29, 0.717) is 23.9 Å². The van der Waals surface area contributed by atoms with E-state index in [-0.39, 0.29) is 0 Å². The molecule has 0 saturated carbocycles. The Labute approximate surface area is 226 Å². The van der Waals surface area contributed by atoms with Crippen LogP contribution in [0.15, 0.2) is 138 Å². The summed E-state index contributed by atoms with van der Waals surface area (Å²) >= 11 is 0. The number of aromatic nitrogens is 1. The minimum atomic E-state index is 0.305. The highest BCUT2D eigenvalue weighted by atomic mass is 16.3. The van der Waals surface area contributed by atoms with Gasteiger partial charge in [0.1, 0.15) is 5.58 Å². The van der Waals surface area contributed by atoms with Gasteiger partial charge in [0.2, 0.25) is 0 Å². The van der Waals surface area contributed by atoms with Crippen molar-refractivity contribution in [2.75, 3.05) is 4.90 Å². The van der Waals surface area contributed by atoms with Crippen molar-refractivity contribution >= 4 is 49.4 Å². The SMILES string of the molecule is C1=CC2C3C=CC=CC3N(c3cc(-n4c5ccccc5c5ccccc54)c4oc5ccccc5c4c3)C2C=C1. The number of para-hydroxylation sites is 3. The summed E-state index contributed by atoms with van der Waals surface area (Å²) in [5.41, 5.74) is 6.54. The largest absolute Gasteiger partial charge is 0.454 e. The van der Waals surface area contributed by atoms with Gasteiger partial charge >= 0.3 is 0 Å². The van der Waals surface area contributed by atoms with E-state index in [4.69, 9.17) is 4.42 Å². The first-order valence-corrected chi connectivity index (χ1v) is 13.8. The van der Waals surface area contributed by atoms with Gasteiger partial charge in [0.25, 0.3) is 0 Å². The Balaban J connectivity index is 1.39. The second-order valence-electron chi connectivity index (χ2n) is 10.9. The summed E-state index contributed by atoms with van der Waals surface area (Å²) in [4.78, 5) is 2.63. The van der Waals surface area contributed by atoms with Gasteiger partial charge in [-0.15, -0.1) is 0 Å². The number of allylic oxidation sites excluding steroid dienone is 4. The van der Waals surface area contributed by atoms with Gasteiger partial charge in [-0.3, -0.25) is 0 Å². The third-order valence-corrected chi connectivity index (χ3v) is 8.94. The predicted molar refractivity (Wildman–Crippen MR) is 162 cm³/mol. The third-order valence-electron chi connectivity index (χ3n) is 8.94. The van der Waals surface area contributed by atoms with E-state index in [9.17, 15) is 0 Å². The van der Waals surface area contributed by atoms with Gasteiger partial charge in [0.15, 0.2) is 5.58 Å². The average Bonchev–Trinajstić information content (AvgIpc) is 3.65. The summed E-state index contributed by atoms with van der Waals surface area (Å²) in [6, 6.07) is 31.2. The van der Waals surface area contributed by atoms with Crippen LogP contribution in [-0.2, 0) is 0 Å². The highest BCUT2D eigenvalue weighted by Gasteiger charge is 2.45. The van der Waals surface area contributed by atoms with Gasteiger partial charge in [-0.2, -0.15) is 0 Å². The topological polar surface area (TPSA) is 21.3 Å². The van der Waals surface area contributed by atoms with Gasteiger partial charge in [-0.25, -0.2) is 0 Å². The highest BCUT2D eigenvalue weighted by Crippen LogP contribution is 2.47. The first-order valence-electron chi connectivity index (χ1n) is 13.8. The van der Waals surface area contributed by atoms with E-state index >= 15 is 0 Å². The molecular formula is C36H26N2O. The number of anilines is 1. The molecule has 0 radical (unpaired) electrons. The number of fused-ring (bicyclic) bond motifs is 9. The van der Waals surface area contributed by atoms with Crippen LogP contribution in [0, 0.1) is 11.8 Å². The number of hydrogen-bond acceptors (Lipinski definition) is 2. The molecule has 2 aliphatic carbocycles. The summed E-state index contributed by atoms with van der Waals surface area (Å²) in [6.45, 7) is 0. The van der Waals surface area contributed by atoms with E-state index in [1.165, 1.54) is 27.5 Å². The summed E-state index contributed by atoms with van der Waals surface area (Å²) < 4.78 is 9.05. The average molecular weight is 503 g/mol. The molecule has 0 amide bonds. The van der Waals surface area contributed by atoms with Crippen LogP contribution in [0.1, 0.15) is 0 Å². The van der Waals surface area contributed by atoms with Crippen LogP contribution >= 0.6 is 0 Å². The van der Waals surface area contributed by atoms with Crippen molar-refractivity contribution in [3.8, 4) is 5.69 Å². The van der Waals surface area contributed by atoms with Crippen LogP contribution in [0.5, 0.6) is 0 Å². The van der Waals surface area contributed by atoms with Crippen molar-refractivity contribution < 1.29 is 4.42 Å². The molecule has 3 heteroatoms. The van der Waals surface area contributed by atoms with Crippen molar-refractivity contribution in [3.05, 3.63) is 134 Å². The number of hydrogen-bond donors (Lipinski definition) is 0. The van der Waals surface area contributed by atoms with Gasteiger partial charge < -0.3 is 13.9 Å². The van der Waals surface area contributed by atoms with Gasteiger partial charge in [-0.1, -0.05) is 103 Å². The zero-order chi connectivity index (χ0) is 25.5. The van der Waals surface area contributed by atoms with Gasteiger partial charge in [0, 0.05) is 39.1 Å². The summed E-state index contributed by atoms with van der Waals surface area (Å²) in [5.74, 6) is 0.907. The maximum atomic E-state index is 6.65. The normalized spacial score (nSPS) is 23.4. The second-order valence-corrected chi connectivity index (χ2v) is 10.9. The third kappa shape index (κ3) is 2.87. The standard InChI is InChI=1S/C36H26N2O/c1-6-16-30-24(11-1)25-12-2-7-17-31(25)37(30)23-21-29-28-15-5-10-20-35(28)39-36(29)34(22-23)38-32-18-8-3-13-26(32)27-14-4-9-19-33(27)38/h1-22,24-25,30-31H. The van der Waals surface area contributed by atoms with Crippen LogP contribution in [0.2, 0.25) is 0 Å². The number of rotatable bonds is 2. The van der Waals surface area contributed by atoms with E-state index in [1.54, 1.807) is 0 Å². The van der Waals surface area contributed by atoms with Crippen molar-refractivity contribution in [2.24, 2.45) is 11.8 Å². The summed E-state index contributed by atoms with van der Waals surface area (Å²) in [7, 11) is 0. The molecule has 1 aliphatic heterocycles. The fourth-order valence-corrected chi connectivity index (χ4v) is 7.33. The zero-order valence-electron chi connectivity index (χ0n) is 21.3. The van der Waals surface area contributed by atoms with Crippen LogP contribution < -0.4 is 4.90 Å². The van der Waals surface area contributed by atoms with Crippen LogP contribution in [0.25, 0.3) is 49.4 Å². The Hall–Kier alpha value is -4.76. The Morgan fingerprint density at radius 1 is 0.538 bits per heavy atom. The molecule has 186 valence electrons. The number of nitrogens with zero attached hydrogens (tertiary/aromatic N) is 2. The van der Waals surface area contributed by atoms with Crippen molar-refractivity contribution in [1.82, 2.24) is 4.57 Å². The summed E-state index contributed by atoms with van der Waals surface area (Å²) in [6.07, 6.45) is 18.4. The zero-order valence-corrected chi connectivity index (χ0v) is 21.3. The lowest BCUT2D eigenvalue weighted by Gasteiger charge is -2.32. The maximum absolute atomic E-state index is 6.65. The van der Waals surface area contributed by atoms with Crippen molar-refractivity contribution in [2.45, 2.75) is 12.1 Å². The fourth-order valence-electron chi connectivity index (χ4n) is 7.33. The predicted octanol–water partition coefficient (Wildman–Crippen LogP) is 8.72. The number of furan rings is 1. The Morgan fingerprint density at radius 3 is 1.77 bits per heavy atom. The number of benzene rings is 4. The molecule has 3 nitrogen and oxygen atoms in total. The minimum Gasteiger partial charge on any atom is -0.454 e. The molecule has 1 fully saturated rings. The van der Waals surface area contributed by atoms with E-state index in [0.717, 1.165) is 27.6 Å². The van der Waals surface area contributed by atoms with E-state index in [1.807, 2.05) is 0 Å². The van der Waals surface area contributed by atoms with Gasteiger partial charge in [-0.05, 0) is 30.3 Å². The molecule has 0 N–H and O–H groups in total. The molecule has 3 heterocycles. The molecule has 4 atom stereocenters. The first kappa shape index (κ1) is 21.2. The fraction of sp³-hybridized carbons (Fsp3) is 0.111. The summed E-state index contributed by atoms with van der Waals surface area (Å²) in [5, 5.41) is 4.82. The van der Waals surface area contributed by atoms with Crippen LogP contribution in [0.3, 0.4) is 0 Å². The van der Waals surface area contributed by atoms with Crippen LogP contribution in [-0.4, -0.2) is 16.7 Å². The monoisotopic (exact) mass is 502 g/mol. The smallest absolute Gasteiger partial charge is 0.159 e. The molecule has 4 aromatic carbocycles. The molecule has 0 bridgehead atoms. The Morgan fingerprint density at radius 2 is 1.10 bits per heavy atom. The molecule has 3 aliphatic rings. The van der Waals surface area contributed by atoms with Gasteiger partial charge in [0.05, 0.1) is 28.8 Å². The second kappa shape index (κ2) is 7.87. The Kier molecular flexibility index (Phi) is 4.28. The lowest BCUT2D eigenvalue weighted by atomic mass is 9.83. The molecule has 2 aromatic heterocycles. The molecule has 0 spiro atoms. The quantitative estimate of drug-likeness (QED) is 0.236. The molecule has 6 aromatic rings. The minimum absolute atomic E-state index is 0.305. The molecular weight excluding hydrogens is 476 g/mol. The highest BCUT2D eigenvalue weighted by molar-refractivity contribution is 6.13. The van der Waals surface area contributed by atoms with Crippen molar-refractivity contribution in [1.29, 1.82) is 0 Å². The van der Waals surface area contributed by atoms with E-state index < -0.39 is 0 Å². The molecule has 39 heavy (non-hydrogen) atoms. The molecule has 4 unspecified atom stereocenters. The van der Waals surface area contributed by atoms with E-state index in [2.05, 4.69) is 143 Å². The maximum Gasteiger partial charge on any atom is 0.159 e. The first-order chi connectivity index (χ1) is 19.4. The lowest BCUT2D eigenvalue weighted by molar-refractivity contribution is 0.527.